The summed E-state index contributed by atoms with van der Waals surface area (Å²) in [6, 6.07) is 7.95. The maximum absolute atomic E-state index is 12.9. The maximum atomic E-state index is 12.9. The third kappa shape index (κ3) is 6.72. The van der Waals surface area contributed by atoms with Crippen LogP contribution < -0.4 is 10.1 Å². The molecule has 0 aromatic heterocycles. The van der Waals surface area contributed by atoms with Crippen molar-refractivity contribution in [2.45, 2.75) is 19.4 Å². The fraction of sp³-hybridized carbons (Fsp3) is 0.467. The van der Waals surface area contributed by atoms with Gasteiger partial charge in [0.1, 0.15) is 18.2 Å². The summed E-state index contributed by atoms with van der Waals surface area (Å²) in [5.74, 6) is -0.0567. The van der Waals surface area contributed by atoms with Gasteiger partial charge >= 0.3 is 0 Å². The summed E-state index contributed by atoms with van der Waals surface area (Å²) in [6.45, 7) is 2.73. The number of halogens is 1. The maximum Gasteiger partial charge on any atom is 0.234 e. The number of likely N-dealkylation sites (N-methyl/N-ethyl adjacent to an activating group) is 1. The normalized spacial score (nSPS) is 11.8. The molecule has 1 aromatic carbocycles. The first-order valence-corrected chi connectivity index (χ1v) is 6.75. The van der Waals surface area contributed by atoms with Gasteiger partial charge in [-0.25, -0.2) is 4.39 Å². The monoisotopic (exact) mass is 293 g/mol. The number of ether oxygens (including phenoxy) is 1. The molecule has 1 amide bonds. The average molecular weight is 293 g/mol. The highest BCUT2D eigenvalue weighted by Crippen LogP contribution is 2.11. The number of hydrogen-bond donors (Lipinski definition) is 1. The molecule has 0 saturated carbocycles. The van der Waals surface area contributed by atoms with Crippen LogP contribution in [0.25, 0.3) is 0 Å². The highest BCUT2D eigenvalue weighted by Gasteiger charge is 2.12. The molecule has 0 aliphatic carbocycles. The molecule has 1 atom stereocenters. The van der Waals surface area contributed by atoms with Crippen LogP contribution in [0.3, 0.4) is 0 Å². The molecular weight excluding hydrogens is 273 g/mol. The molecule has 0 aliphatic rings. The minimum absolute atomic E-state index is 0.0318. The predicted molar refractivity (Wildman–Crippen MR) is 77.2 cm³/mol. The molecule has 5 nitrogen and oxygen atoms in total. The summed E-state index contributed by atoms with van der Waals surface area (Å²) in [5.41, 5.74) is 0. The van der Waals surface area contributed by atoms with Crippen molar-refractivity contribution < 1.29 is 13.9 Å². The van der Waals surface area contributed by atoms with Crippen molar-refractivity contribution in [1.29, 1.82) is 5.26 Å². The zero-order valence-electron chi connectivity index (χ0n) is 12.3. The lowest BCUT2D eigenvalue weighted by Crippen LogP contribution is -2.40. The van der Waals surface area contributed by atoms with Crippen LogP contribution in [0, 0.1) is 17.1 Å². The van der Waals surface area contributed by atoms with Crippen LogP contribution >= 0.6 is 0 Å². The molecule has 1 aromatic rings. The second-order valence-electron chi connectivity index (χ2n) is 4.78. The first kappa shape index (κ1) is 16.9. The van der Waals surface area contributed by atoms with Gasteiger partial charge in [0.05, 0.1) is 25.6 Å². The second kappa shape index (κ2) is 8.93. The van der Waals surface area contributed by atoms with E-state index in [1.165, 1.54) is 12.1 Å². The van der Waals surface area contributed by atoms with E-state index < -0.39 is 0 Å². The molecule has 1 N–H and O–H groups in total. The van der Waals surface area contributed by atoms with Gasteiger partial charge in [-0.15, -0.1) is 0 Å². The molecule has 1 rings (SSSR count). The number of nitrogens with one attached hydrogen (secondary N) is 1. The number of nitriles is 1. The SMILES string of the molecule is CC(CC#N)N(C)CC(=O)NCCOc1cccc(F)c1. The average Bonchev–Trinajstić information content (AvgIpc) is 2.44. The Bertz CT molecular complexity index is 502. The Kier molecular flexibility index (Phi) is 7.19. The molecule has 0 spiro atoms. The number of hydrogen-bond acceptors (Lipinski definition) is 4. The number of carbonyl (C=O) groups excluding carboxylic acids is 1. The first-order chi connectivity index (χ1) is 10.0. The fourth-order valence-electron chi connectivity index (χ4n) is 1.64. The van der Waals surface area contributed by atoms with Gasteiger partial charge in [0.2, 0.25) is 5.91 Å². The van der Waals surface area contributed by atoms with Crippen molar-refractivity contribution in [3.05, 3.63) is 30.1 Å². The van der Waals surface area contributed by atoms with Crippen LogP contribution in [0.15, 0.2) is 24.3 Å². The van der Waals surface area contributed by atoms with Gasteiger partial charge in [0, 0.05) is 12.1 Å². The van der Waals surface area contributed by atoms with E-state index >= 15 is 0 Å². The largest absolute Gasteiger partial charge is 0.492 e. The number of nitrogens with zero attached hydrogens (tertiary/aromatic N) is 2. The summed E-state index contributed by atoms with van der Waals surface area (Å²) in [4.78, 5) is 13.5. The molecular formula is C15H20FN3O2. The van der Waals surface area contributed by atoms with E-state index in [4.69, 9.17) is 10.00 Å². The molecule has 0 saturated heterocycles. The van der Waals surface area contributed by atoms with Gasteiger partial charge in [-0.05, 0) is 26.1 Å². The topological polar surface area (TPSA) is 65.4 Å². The van der Waals surface area contributed by atoms with Crippen LogP contribution in [0.5, 0.6) is 5.75 Å². The lowest BCUT2D eigenvalue weighted by molar-refractivity contribution is -0.122. The summed E-state index contributed by atoms with van der Waals surface area (Å²) in [5, 5.41) is 11.3. The van der Waals surface area contributed by atoms with E-state index in [1.807, 2.05) is 11.8 Å². The number of amides is 1. The van der Waals surface area contributed by atoms with E-state index in [1.54, 1.807) is 19.2 Å². The molecule has 1 unspecified atom stereocenters. The van der Waals surface area contributed by atoms with Crippen LogP contribution in [-0.4, -0.2) is 43.6 Å². The molecule has 0 aliphatic heterocycles. The van der Waals surface area contributed by atoms with Gasteiger partial charge < -0.3 is 10.1 Å². The Morgan fingerprint density at radius 1 is 1.57 bits per heavy atom. The van der Waals surface area contributed by atoms with Crippen molar-refractivity contribution >= 4 is 5.91 Å². The van der Waals surface area contributed by atoms with Gasteiger partial charge in [-0.1, -0.05) is 6.07 Å². The van der Waals surface area contributed by atoms with E-state index in [9.17, 15) is 9.18 Å². The summed E-state index contributed by atoms with van der Waals surface area (Å²) < 4.78 is 18.2. The number of rotatable bonds is 8. The van der Waals surface area contributed by atoms with Gasteiger partial charge in [0.25, 0.3) is 0 Å². The van der Waals surface area contributed by atoms with E-state index in [-0.39, 0.29) is 30.9 Å². The standard InChI is InChI=1S/C15H20FN3O2/c1-12(6-7-17)19(2)11-15(20)18-8-9-21-14-5-3-4-13(16)10-14/h3-5,10,12H,6,8-9,11H2,1-2H3,(H,18,20). The lowest BCUT2D eigenvalue weighted by Gasteiger charge is -2.21. The number of benzene rings is 1. The highest BCUT2D eigenvalue weighted by molar-refractivity contribution is 5.77. The van der Waals surface area contributed by atoms with E-state index in [2.05, 4.69) is 11.4 Å². The van der Waals surface area contributed by atoms with Crippen molar-refractivity contribution in [1.82, 2.24) is 10.2 Å². The minimum atomic E-state index is -0.357. The molecule has 21 heavy (non-hydrogen) atoms. The quantitative estimate of drug-likeness (QED) is 0.739. The molecule has 0 heterocycles. The lowest BCUT2D eigenvalue weighted by atomic mass is 10.2. The van der Waals surface area contributed by atoms with E-state index in [0.29, 0.717) is 18.7 Å². The zero-order chi connectivity index (χ0) is 15.7. The fourth-order valence-corrected chi connectivity index (χ4v) is 1.64. The van der Waals surface area contributed by atoms with Gasteiger partial charge in [-0.3, -0.25) is 9.69 Å². The van der Waals surface area contributed by atoms with Crippen molar-refractivity contribution in [3.63, 3.8) is 0 Å². The summed E-state index contributed by atoms with van der Waals surface area (Å²) >= 11 is 0. The zero-order valence-corrected chi connectivity index (χ0v) is 12.3. The third-order valence-corrected chi connectivity index (χ3v) is 3.02. The minimum Gasteiger partial charge on any atom is -0.492 e. The highest BCUT2D eigenvalue weighted by atomic mass is 19.1. The Morgan fingerprint density at radius 2 is 2.33 bits per heavy atom. The van der Waals surface area contributed by atoms with Gasteiger partial charge in [0.15, 0.2) is 0 Å². The van der Waals surface area contributed by atoms with Crippen LogP contribution in [0.1, 0.15) is 13.3 Å². The molecule has 114 valence electrons. The smallest absolute Gasteiger partial charge is 0.234 e. The molecule has 6 heteroatoms. The van der Waals surface area contributed by atoms with Crippen molar-refractivity contribution in [3.8, 4) is 11.8 Å². The third-order valence-electron chi connectivity index (χ3n) is 3.02. The Balaban J connectivity index is 2.20. The molecule has 0 bridgehead atoms. The van der Waals surface area contributed by atoms with Crippen molar-refractivity contribution in [2.24, 2.45) is 0 Å². The summed E-state index contributed by atoms with van der Waals surface area (Å²) in [6.07, 6.45) is 0.381. The van der Waals surface area contributed by atoms with Crippen LogP contribution in [-0.2, 0) is 4.79 Å². The Hall–Kier alpha value is -2.13. The Labute approximate surface area is 124 Å². The van der Waals surface area contributed by atoms with Crippen LogP contribution in [0.2, 0.25) is 0 Å². The Morgan fingerprint density at radius 3 is 3.00 bits per heavy atom. The molecule has 0 fully saturated rings. The van der Waals surface area contributed by atoms with E-state index in [0.717, 1.165) is 0 Å². The first-order valence-electron chi connectivity index (χ1n) is 6.75. The second-order valence-corrected chi connectivity index (χ2v) is 4.78. The van der Waals surface area contributed by atoms with Crippen LogP contribution in [0.4, 0.5) is 4.39 Å². The molecule has 0 radical (unpaired) electrons. The van der Waals surface area contributed by atoms with Gasteiger partial charge in [-0.2, -0.15) is 5.26 Å². The number of carbonyl (C=O) groups is 1. The summed E-state index contributed by atoms with van der Waals surface area (Å²) in [7, 11) is 1.80. The predicted octanol–water partition coefficient (Wildman–Crippen LogP) is 1.55. The van der Waals surface area contributed by atoms with Crippen molar-refractivity contribution in [2.75, 3.05) is 26.7 Å².